The number of carbonyl (C=O) groups excluding carboxylic acids is 2. The lowest BCUT2D eigenvalue weighted by Crippen LogP contribution is -2.29. The molecule has 9 heteroatoms. The van der Waals surface area contributed by atoms with E-state index >= 15 is 0 Å². The summed E-state index contributed by atoms with van der Waals surface area (Å²) in [6.45, 7) is 3.24. The summed E-state index contributed by atoms with van der Waals surface area (Å²) >= 11 is 0. The highest BCUT2D eigenvalue weighted by Crippen LogP contribution is 2.35. The van der Waals surface area contributed by atoms with Gasteiger partial charge in [0.1, 0.15) is 6.61 Å². The molecule has 2 N–H and O–H groups in total. The summed E-state index contributed by atoms with van der Waals surface area (Å²) in [4.78, 5) is 42.6. The van der Waals surface area contributed by atoms with Crippen LogP contribution >= 0.6 is 7.82 Å². The van der Waals surface area contributed by atoms with Gasteiger partial charge in [-0.1, -0.05) is 166 Å². The van der Waals surface area contributed by atoms with Gasteiger partial charge in [-0.05, 0) is 44.9 Å². The highest BCUT2D eigenvalue weighted by molar-refractivity contribution is 7.46. The predicted octanol–water partition coefficient (Wildman–Crippen LogP) is 10.2. The van der Waals surface area contributed by atoms with Crippen LogP contribution in [0, 0.1) is 0 Å². The molecule has 8 nitrogen and oxygen atoms in total. The second-order valence-electron chi connectivity index (χ2n) is 10.7. The Morgan fingerprint density at radius 2 is 0.920 bits per heavy atom. The van der Waals surface area contributed by atoms with Crippen LogP contribution in [0.2, 0.25) is 0 Å². The van der Waals surface area contributed by atoms with Gasteiger partial charge in [0.2, 0.25) is 0 Å². The monoisotopic (exact) mass is 708 g/mol. The van der Waals surface area contributed by atoms with E-state index in [-0.39, 0.29) is 19.4 Å². The van der Waals surface area contributed by atoms with Crippen LogP contribution < -0.4 is 0 Å². The lowest BCUT2D eigenvalue weighted by molar-refractivity contribution is -0.161. The molecule has 1 unspecified atom stereocenters. The molecule has 0 aromatic carbocycles. The summed E-state index contributed by atoms with van der Waals surface area (Å²) in [6, 6.07) is 0. The van der Waals surface area contributed by atoms with E-state index in [2.05, 4.69) is 36.6 Å². The number of phosphoric acid groups is 1. The molecule has 0 aromatic heterocycles. The van der Waals surface area contributed by atoms with Crippen LogP contribution in [0.4, 0.5) is 0 Å². The van der Waals surface area contributed by atoms with Crippen LogP contribution in [0.25, 0.3) is 0 Å². The molecule has 0 aliphatic carbocycles. The molecule has 0 rings (SSSR count). The molecule has 0 bridgehead atoms. The van der Waals surface area contributed by atoms with E-state index in [9.17, 15) is 14.2 Å². The van der Waals surface area contributed by atoms with E-state index in [1.54, 1.807) is 0 Å². The van der Waals surface area contributed by atoms with Gasteiger partial charge in [-0.15, -0.1) is 0 Å². The van der Waals surface area contributed by atoms with Crippen molar-refractivity contribution >= 4 is 19.8 Å². The summed E-state index contributed by atoms with van der Waals surface area (Å²) in [5.41, 5.74) is 0. The Labute approximate surface area is 300 Å². The van der Waals surface area contributed by atoms with Gasteiger partial charge in [0.15, 0.2) is 6.10 Å². The van der Waals surface area contributed by atoms with Gasteiger partial charge in [0.25, 0.3) is 0 Å². The average Bonchev–Trinajstić information content (AvgIpc) is 3.08. The Hall–Kier alpha value is -4.07. The maximum absolute atomic E-state index is 12.3. The number of unbranched alkanes of at least 4 members (excludes halogenated alkanes) is 4. The number of hydrogen-bond donors (Lipinski definition) is 2. The van der Waals surface area contributed by atoms with Gasteiger partial charge in [-0.25, -0.2) is 4.57 Å². The van der Waals surface area contributed by atoms with Gasteiger partial charge in [-0.2, -0.15) is 0 Å². The van der Waals surface area contributed by atoms with Crippen molar-refractivity contribution in [3.63, 3.8) is 0 Å². The van der Waals surface area contributed by atoms with Crippen molar-refractivity contribution in [3.8, 4) is 0 Å². The molecule has 274 valence electrons. The highest BCUT2D eigenvalue weighted by atomic mass is 31.2. The first kappa shape index (κ1) is 45.9. The van der Waals surface area contributed by atoms with Crippen molar-refractivity contribution in [1.82, 2.24) is 0 Å². The van der Waals surface area contributed by atoms with Crippen molar-refractivity contribution < 1.29 is 37.9 Å². The van der Waals surface area contributed by atoms with Gasteiger partial charge in [0, 0.05) is 12.8 Å². The number of esters is 2. The largest absolute Gasteiger partial charge is 0.469 e. The molecular weight excluding hydrogens is 651 g/mol. The zero-order valence-corrected chi connectivity index (χ0v) is 30.6. The van der Waals surface area contributed by atoms with Crippen LogP contribution in [0.15, 0.2) is 146 Å². The molecule has 0 aliphatic heterocycles. The molecule has 0 amide bonds. The second kappa shape index (κ2) is 34.8. The summed E-state index contributed by atoms with van der Waals surface area (Å²) in [6.07, 6.45) is 52.9. The van der Waals surface area contributed by atoms with Gasteiger partial charge >= 0.3 is 19.8 Å². The van der Waals surface area contributed by atoms with Crippen LogP contribution in [0.1, 0.15) is 78.1 Å². The first-order valence-electron chi connectivity index (χ1n) is 17.3. The number of ether oxygens (including phenoxy) is 2. The lowest BCUT2D eigenvalue weighted by atomic mass is 10.1. The van der Waals surface area contributed by atoms with E-state index in [4.69, 9.17) is 19.3 Å². The third kappa shape index (κ3) is 36.8. The standard InChI is InChI=1S/C41H57O8P/c1-3-5-7-9-11-13-15-17-18-19-20-21-22-24-25-27-29-31-33-35-40(42)47-37-39(38-48-50(44,45)46)49-41(43)36-34-32-30-28-26-23-16-14-12-10-8-6-4-2/h5-26,28,30,39H,3-4,27,29,31-38H2,1-2H3,(H2,44,45,46)/b7-5+,8-6+,11-9+,12-10+,15-13+,16-14+,18-17+,20-19+,22-21+,25-24+,26-23+,30-28+. The molecule has 0 heterocycles. The van der Waals surface area contributed by atoms with Gasteiger partial charge in [0.05, 0.1) is 6.61 Å². The van der Waals surface area contributed by atoms with Crippen LogP contribution in [0.3, 0.4) is 0 Å². The molecule has 0 spiro atoms. The fourth-order valence-corrected chi connectivity index (χ4v) is 4.04. The number of allylic oxidation sites excluding steroid dienone is 24. The van der Waals surface area contributed by atoms with E-state index < -0.39 is 32.5 Å². The topological polar surface area (TPSA) is 119 Å². The summed E-state index contributed by atoms with van der Waals surface area (Å²) in [5, 5.41) is 0. The van der Waals surface area contributed by atoms with E-state index in [1.165, 1.54) is 0 Å². The number of rotatable bonds is 28. The van der Waals surface area contributed by atoms with Crippen LogP contribution in [-0.4, -0.2) is 41.0 Å². The normalized spacial score (nSPS) is 14.2. The Bertz CT molecular complexity index is 1300. The summed E-state index contributed by atoms with van der Waals surface area (Å²) in [5.74, 6) is -1.05. The van der Waals surface area contributed by atoms with Crippen molar-refractivity contribution in [2.24, 2.45) is 0 Å². The molecule has 0 saturated carbocycles. The average molecular weight is 709 g/mol. The Balaban J connectivity index is 4.28. The Morgan fingerprint density at radius 1 is 0.520 bits per heavy atom. The molecule has 1 atom stereocenters. The smallest absolute Gasteiger partial charge is 0.462 e. The summed E-state index contributed by atoms with van der Waals surface area (Å²) < 4.78 is 26.1. The third-order valence-electron chi connectivity index (χ3n) is 6.18. The van der Waals surface area contributed by atoms with Gasteiger partial charge in [-0.3, -0.25) is 14.1 Å². The molecule has 50 heavy (non-hydrogen) atoms. The Kier molecular flexibility index (Phi) is 31.9. The third-order valence-corrected chi connectivity index (χ3v) is 6.66. The molecule has 0 radical (unpaired) electrons. The SMILES string of the molecule is CC/C=C/C=C/C=C/C=C/C=C/C=C/C=C/CCCCCC(=O)OCC(COP(=O)(O)O)OC(=O)CCC/C=C/C=C/C=C/C=C/C=C/CC. The van der Waals surface area contributed by atoms with Crippen molar-refractivity contribution in [2.75, 3.05) is 13.2 Å². The maximum atomic E-state index is 12.3. The molecule has 0 saturated heterocycles. The van der Waals surface area contributed by atoms with E-state index in [0.29, 0.717) is 19.3 Å². The first-order chi connectivity index (χ1) is 24.3. The van der Waals surface area contributed by atoms with E-state index in [0.717, 1.165) is 32.1 Å². The lowest BCUT2D eigenvalue weighted by Gasteiger charge is -2.18. The molecule has 0 aliphatic rings. The minimum absolute atomic E-state index is 0.0937. The highest BCUT2D eigenvalue weighted by Gasteiger charge is 2.22. The zero-order chi connectivity index (χ0) is 36.8. The number of hydrogen-bond acceptors (Lipinski definition) is 6. The first-order valence-corrected chi connectivity index (χ1v) is 18.8. The van der Waals surface area contributed by atoms with Crippen LogP contribution in [-0.2, 0) is 28.2 Å². The molecule has 0 fully saturated rings. The Morgan fingerprint density at radius 3 is 1.36 bits per heavy atom. The minimum Gasteiger partial charge on any atom is -0.462 e. The second-order valence-corrected chi connectivity index (χ2v) is 11.9. The zero-order valence-electron chi connectivity index (χ0n) is 29.7. The number of carbonyl (C=O) groups is 2. The summed E-state index contributed by atoms with van der Waals surface area (Å²) in [7, 11) is -4.79. The van der Waals surface area contributed by atoms with E-state index in [1.807, 2.05) is 128 Å². The fraction of sp³-hybridized carbons (Fsp3) is 0.366. The molecule has 0 aromatic rings. The minimum atomic E-state index is -4.79. The van der Waals surface area contributed by atoms with Crippen molar-refractivity contribution in [1.29, 1.82) is 0 Å². The van der Waals surface area contributed by atoms with Gasteiger partial charge < -0.3 is 19.3 Å². The number of phosphoric ester groups is 1. The van der Waals surface area contributed by atoms with Crippen molar-refractivity contribution in [3.05, 3.63) is 146 Å². The fourth-order valence-electron chi connectivity index (χ4n) is 3.68. The maximum Gasteiger partial charge on any atom is 0.469 e. The molecular formula is C41H57O8P. The quantitative estimate of drug-likeness (QED) is 0.0357. The van der Waals surface area contributed by atoms with Crippen LogP contribution in [0.5, 0.6) is 0 Å². The van der Waals surface area contributed by atoms with Crippen molar-refractivity contribution in [2.45, 2.75) is 84.2 Å². The predicted molar refractivity (Wildman–Crippen MR) is 206 cm³/mol.